The minimum absolute atomic E-state index is 0.168. The Balaban J connectivity index is 1.80. The van der Waals surface area contributed by atoms with Gasteiger partial charge in [0, 0.05) is 20.6 Å². The van der Waals surface area contributed by atoms with Gasteiger partial charge in [-0.1, -0.05) is 41.9 Å². The number of halogens is 2. The molecule has 0 N–H and O–H groups in total. The van der Waals surface area contributed by atoms with Gasteiger partial charge in [-0.15, -0.1) is 0 Å². The molecule has 0 aliphatic heterocycles. The van der Waals surface area contributed by atoms with Crippen molar-refractivity contribution in [3.8, 4) is 5.75 Å². The molecule has 0 unspecified atom stereocenters. The quantitative estimate of drug-likeness (QED) is 0.204. The largest absolute Gasteiger partial charge is 0.422 e. The van der Waals surface area contributed by atoms with Gasteiger partial charge in [0.1, 0.15) is 5.75 Å². The summed E-state index contributed by atoms with van der Waals surface area (Å²) in [6.45, 7) is 0. The van der Waals surface area contributed by atoms with Crippen molar-refractivity contribution in [2.75, 3.05) is 0 Å². The maximum absolute atomic E-state index is 12.4. The number of carbonyl (C=O) groups excluding carboxylic acids is 2. The summed E-state index contributed by atoms with van der Waals surface area (Å²) in [6, 6.07) is 20.7. The molecule has 3 rings (SSSR count). The first-order chi connectivity index (χ1) is 13.0. The van der Waals surface area contributed by atoms with Gasteiger partial charge in [0.25, 0.3) is 0 Å². The minimum Gasteiger partial charge on any atom is -0.422 e. The SMILES string of the molecule is O=C(/C=C/c1ccccc1OC(=O)c1ccccc1Br)c1ccc(Cl)cc1. The smallest absolute Gasteiger partial charge is 0.344 e. The first-order valence-corrected chi connectivity index (χ1v) is 9.25. The lowest BCUT2D eigenvalue weighted by molar-refractivity contribution is 0.0733. The van der Waals surface area contributed by atoms with Crippen LogP contribution in [-0.2, 0) is 0 Å². The molecule has 0 saturated carbocycles. The lowest BCUT2D eigenvalue weighted by Gasteiger charge is -2.08. The predicted molar refractivity (Wildman–Crippen MR) is 110 cm³/mol. The Kier molecular flexibility index (Phi) is 6.22. The van der Waals surface area contributed by atoms with E-state index in [1.807, 2.05) is 12.1 Å². The Morgan fingerprint density at radius 1 is 0.889 bits per heavy atom. The molecule has 0 heterocycles. The topological polar surface area (TPSA) is 43.4 Å². The van der Waals surface area contributed by atoms with Crippen LogP contribution in [0.25, 0.3) is 6.08 Å². The van der Waals surface area contributed by atoms with Crippen molar-refractivity contribution in [2.24, 2.45) is 0 Å². The highest BCUT2D eigenvalue weighted by Gasteiger charge is 2.13. The molecule has 0 saturated heterocycles. The summed E-state index contributed by atoms with van der Waals surface area (Å²) in [4.78, 5) is 24.7. The maximum atomic E-state index is 12.4. The highest BCUT2D eigenvalue weighted by Crippen LogP contribution is 2.23. The zero-order valence-electron chi connectivity index (χ0n) is 14.1. The monoisotopic (exact) mass is 440 g/mol. The fourth-order valence-electron chi connectivity index (χ4n) is 2.37. The number of hydrogen-bond acceptors (Lipinski definition) is 3. The molecule has 0 aliphatic rings. The van der Waals surface area contributed by atoms with Crippen LogP contribution in [0.4, 0.5) is 0 Å². The van der Waals surface area contributed by atoms with E-state index in [-0.39, 0.29) is 5.78 Å². The Labute approximate surface area is 170 Å². The molecule has 27 heavy (non-hydrogen) atoms. The second-order valence-electron chi connectivity index (χ2n) is 5.61. The third kappa shape index (κ3) is 4.94. The fraction of sp³-hybridized carbons (Fsp3) is 0. The van der Waals surface area contributed by atoms with E-state index in [1.54, 1.807) is 66.7 Å². The summed E-state index contributed by atoms with van der Waals surface area (Å²) < 4.78 is 6.17. The number of hydrogen-bond donors (Lipinski definition) is 0. The summed E-state index contributed by atoms with van der Waals surface area (Å²) >= 11 is 9.18. The standard InChI is InChI=1S/C22H14BrClO3/c23-19-7-3-2-6-18(19)22(26)27-21-8-4-1-5-16(21)11-14-20(25)15-9-12-17(24)13-10-15/h1-14H/b14-11+. The molecule has 0 atom stereocenters. The molecule has 3 aromatic carbocycles. The molecule has 0 aliphatic carbocycles. The predicted octanol–water partition coefficient (Wildman–Crippen LogP) is 6.22. The van der Waals surface area contributed by atoms with Crippen LogP contribution in [0.1, 0.15) is 26.3 Å². The number of allylic oxidation sites excluding steroid dienone is 1. The van der Waals surface area contributed by atoms with Gasteiger partial charge in [-0.2, -0.15) is 0 Å². The Morgan fingerprint density at radius 3 is 2.30 bits per heavy atom. The van der Waals surface area contributed by atoms with Crippen molar-refractivity contribution in [3.05, 3.63) is 105 Å². The van der Waals surface area contributed by atoms with Crippen LogP contribution in [-0.4, -0.2) is 11.8 Å². The van der Waals surface area contributed by atoms with E-state index in [2.05, 4.69) is 15.9 Å². The summed E-state index contributed by atoms with van der Waals surface area (Å²) in [5.74, 6) is -0.274. The van der Waals surface area contributed by atoms with E-state index >= 15 is 0 Å². The van der Waals surface area contributed by atoms with E-state index in [1.165, 1.54) is 6.08 Å². The van der Waals surface area contributed by atoms with E-state index in [9.17, 15) is 9.59 Å². The number of benzene rings is 3. The van der Waals surface area contributed by atoms with Crippen LogP contribution in [0.5, 0.6) is 5.75 Å². The van der Waals surface area contributed by atoms with Crippen molar-refractivity contribution >= 4 is 45.4 Å². The summed E-state index contributed by atoms with van der Waals surface area (Å²) in [6.07, 6.45) is 3.06. The molecule has 0 fully saturated rings. The minimum atomic E-state index is -0.479. The van der Waals surface area contributed by atoms with Gasteiger partial charge >= 0.3 is 5.97 Å². The highest BCUT2D eigenvalue weighted by atomic mass is 79.9. The first-order valence-electron chi connectivity index (χ1n) is 8.08. The molecule has 0 amide bonds. The number of ether oxygens (including phenoxy) is 1. The second-order valence-corrected chi connectivity index (χ2v) is 6.90. The lowest BCUT2D eigenvalue weighted by Crippen LogP contribution is -2.09. The third-order valence-corrected chi connectivity index (χ3v) is 4.70. The van der Waals surface area contributed by atoms with Crippen molar-refractivity contribution < 1.29 is 14.3 Å². The van der Waals surface area contributed by atoms with Crippen LogP contribution >= 0.6 is 27.5 Å². The number of rotatable bonds is 5. The van der Waals surface area contributed by atoms with E-state index in [4.69, 9.17) is 16.3 Å². The number of esters is 1. The van der Waals surface area contributed by atoms with Gasteiger partial charge in [0.2, 0.25) is 0 Å². The maximum Gasteiger partial charge on any atom is 0.344 e. The van der Waals surface area contributed by atoms with Crippen LogP contribution in [0.3, 0.4) is 0 Å². The number of ketones is 1. The second kappa shape index (κ2) is 8.80. The van der Waals surface area contributed by atoms with Crippen molar-refractivity contribution in [3.63, 3.8) is 0 Å². The molecule has 0 bridgehead atoms. The van der Waals surface area contributed by atoms with Gasteiger partial charge in [-0.05, 0) is 70.5 Å². The van der Waals surface area contributed by atoms with Gasteiger partial charge < -0.3 is 4.74 Å². The molecule has 0 aromatic heterocycles. The average molecular weight is 442 g/mol. The van der Waals surface area contributed by atoms with Gasteiger partial charge in [0.15, 0.2) is 5.78 Å². The van der Waals surface area contributed by atoms with Crippen molar-refractivity contribution in [1.82, 2.24) is 0 Å². The van der Waals surface area contributed by atoms with Gasteiger partial charge in [-0.25, -0.2) is 4.79 Å². The van der Waals surface area contributed by atoms with Crippen LogP contribution in [0.2, 0.25) is 5.02 Å². The zero-order chi connectivity index (χ0) is 19.2. The highest BCUT2D eigenvalue weighted by molar-refractivity contribution is 9.10. The lowest BCUT2D eigenvalue weighted by atomic mass is 10.1. The average Bonchev–Trinajstić information content (AvgIpc) is 2.68. The molecular formula is C22H14BrClO3. The Hall–Kier alpha value is -2.69. The number of para-hydroxylation sites is 1. The zero-order valence-corrected chi connectivity index (χ0v) is 16.4. The van der Waals surface area contributed by atoms with E-state index in [0.29, 0.717) is 31.9 Å². The molecule has 0 radical (unpaired) electrons. The molecule has 0 spiro atoms. The van der Waals surface area contributed by atoms with Crippen LogP contribution in [0, 0.1) is 0 Å². The molecular weight excluding hydrogens is 428 g/mol. The van der Waals surface area contributed by atoms with Crippen LogP contribution in [0.15, 0.2) is 83.3 Å². The Bertz CT molecular complexity index is 1010. The van der Waals surface area contributed by atoms with Crippen molar-refractivity contribution in [1.29, 1.82) is 0 Å². The fourth-order valence-corrected chi connectivity index (χ4v) is 2.94. The first kappa shape index (κ1) is 19.1. The van der Waals surface area contributed by atoms with Crippen LogP contribution < -0.4 is 4.74 Å². The normalized spacial score (nSPS) is 10.7. The molecule has 3 nitrogen and oxygen atoms in total. The molecule has 134 valence electrons. The van der Waals surface area contributed by atoms with Gasteiger partial charge in [-0.3, -0.25) is 4.79 Å². The Morgan fingerprint density at radius 2 is 1.56 bits per heavy atom. The molecule has 3 aromatic rings. The van der Waals surface area contributed by atoms with E-state index in [0.717, 1.165) is 0 Å². The summed E-state index contributed by atoms with van der Waals surface area (Å²) in [5.41, 5.74) is 1.58. The van der Waals surface area contributed by atoms with E-state index < -0.39 is 5.97 Å². The summed E-state index contributed by atoms with van der Waals surface area (Å²) in [5, 5.41) is 0.569. The summed E-state index contributed by atoms with van der Waals surface area (Å²) in [7, 11) is 0. The number of carbonyl (C=O) groups is 2. The molecule has 5 heteroatoms. The van der Waals surface area contributed by atoms with Gasteiger partial charge in [0.05, 0.1) is 5.56 Å². The third-order valence-electron chi connectivity index (χ3n) is 3.76. The van der Waals surface area contributed by atoms with Crippen molar-refractivity contribution in [2.45, 2.75) is 0 Å².